The average molecular weight is 388 g/mol. The number of rotatable bonds is 4. The van der Waals surface area contributed by atoms with Crippen LogP contribution in [0.4, 0.5) is 11.4 Å². The summed E-state index contributed by atoms with van der Waals surface area (Å²) in [6, 6.07) is 39.7. The Morgan fingerprint density at radius 2 is 1.17 bits per heavy atom. The molecular weight excluding hydrogens is 362 g/mol. The summed E-state index contributed by atoms with van der Waals surface area (Å²) in [7, 11) is 0. The van der Waals surface area contributed by atoms with E-state index in [1.807, 2.05) is 0 Å². The summed E-state index contributed by atoms with van der Waals surface area (Å²) < 4.78 is 0. The van der Waals surface area contributed by atoms with E-state index < -0.39 is 0 Å². The molecule has 0 fully saturated rings. The highest BCUT2D eigenvalue weighted by Crippen LogP contribution is 2.34. The summed E-state index contributed by atoms with van der Waals surface area (Å²) in [5.74, 6) is 0. The van der Waals surface area contributed by atoms with Crippen LogP contribution in [0, 0.1) is 0 Å². The minimum atomic E-state index is 0.356. The zero-order valence-electron chi connectivity index (χ0n) is 17.4. The normalized spacial score (nSPS) is 11.3. The maximum Gasteiger partial charge on any atom is 0.0419 e. The Bertz CT molecular complexity index is 1310. The maximum absolute atomic E-state index is 2.40. The van der Waals surface area contributed by atoms with Crippen LogP contribution in [0.2, 0.25) is 0 Å². The van der Waals surface area contributed by atoms with Gasteiger partial charge in [0, 0.05) is 17.4 Å². The van der Waals surface area contributed by atoms with Crippen molar-refractivity contribution < 1.29 is 0 Å². The minimum Gasteiger partial charge on any atom is -0.339 e. The van der Waals surface area contributed by atoms with Crippen molar-refractivity contribution in [1.82, 2.24) is 0 Å². The van der Waals surface area contributed by atoms with Gasteiger partial charge >= 0.3 is 0 Å². The summed E-state index contributed by atoms with van der Waals surface area (Å²) in [6.45, 7) is 4.49. The van der Waals surface area contributed by atoms with Gasteiger partial charge in [0.05, 0.1) is 0 Å². The first-order chi connectivity index (χ1) is 14.7. The number of nitrogens with zero attached hydrogens (tertiary/aromatic N) is 1. The first kappa shape index (κ1) is 18.4. The van der Waals surface area contributed by atoms with Gasteiger partial charge in [-0.2, -0.15) is 0 Å². The summed E-state index contributed by atoms with van der Waals surface area (Å²) in [5, 5.41) is 5.12. The van der Waals surface area contributed by atoms with Crippen LogP contribution < -0.4 is 4.90 Å². The van der Waals surface area contributed by atoms with E-state index in [0.29, 0.717) is 6.04 Å². The lowest BCUT2D eigenvalue weighted by Gasteiger charge is -2.29. The van der Waals surface area contributed by atoms with Crippen LogP contribution in [0.25, 0.3) is 32.7 Å². The Labute approximate surface area is 178 Å². The molecule has 30 heavy (non-hydrogen) atoms. The molecule has 0 amide bonds. The standard InChI is InChI=1S/C29H25N/c1-21(2)30(27-19-14-22-8-3-4-10-25(22)20-27)26-17-15-24(16-18-26)29-13-7-11-23-9-5-6-12-28(23)29/h3-21H,1-2H3. The topological polar surface area (TPSA) is 3.24 Å². The van der Waals surface area contributed by atoms with Crippen LogP contribution in [0.3, 0.4) is 0 Å². The van der Waals surface area contributed by atoms with Crippen LogP contribution in [-0.4, -0.2) is 6.04 Å². The number of fused-ring (bicyclic) bond motifs is 2. The van der Waals surface area contributed by atoms with E-state index >= 15 is 0 Å². The molecular formula is C29H25N. The third kappa shape index (κ3) is 3.33. The minimum absolute atomic E-state index is 0.356. The van der Waals surface area contributed by atoms with Crippen LogP contribution in [0.1, 0.15) is 13.8 Å². The molecule has 0 N–H and O–H groups in total. The Balaban J connectivity index is 1.55. The molecule has 5 aromatic carbocycles. The molecule has 0 aromatic heterocycles. The Kier molecular flexibility index (Phi) is 4.72. The maximum atomic E-state index is 2.40. The third-order valence-corrected chi connectivity index (χ3v) is 5.77. The van der Waals surface area contributed by atoms with E-state index in [1.54, 1.807) is 0 Å². The molecule has 0 aliphatic rings. The van der Waals surface area contributed by atoms with Gasteiger partial charge in [-0.15, -0.1) is 0 Å². The molecule has 0 aliphatic carbocycles. The second kappa shape index (κ2) is 7.68. The Morgan fingerprint density at radius 1 is 0.533 bits per heavy atom. The van der Waals surface area contributed by atoms with Crippen molar-refractivity contribution in [1.29, 1.82) is 0 Å². The Morgan fingerprint density at radius 3 is 1.93 bits per heavy atom. The van der Waals surface area contributed by atoms with Gasteiger partial charge < -0.3 is 4.90 Å². The number of hydrogen-bond acceptors (Lipinski definition) is 1. The lowest BCUT2D eigenvalue weighted by molar-refractivity contribution is 0.789. The van der Waals surface area contributed by atoms with Crippen LogP contribution in [-0.2, 0) is 0 Å². The fraction of sp³-hybridized carbons (Fsp3) is 0.103. The van der Waals surface area contributed by atoms with E-state index in [1.165, 1.54) is 44.0 Å². The van der Waals surface area contributed by atoms with E-state index in [0.717, 1.165) is 0 Å². The van der Waals surface area contributed by atoms with E-state index in [4.69, 9.17) is 0 Å². The molecule has 5 rings (SSSR count). The highest BCUT2D eigenvalue weighted by Gasteiger charge is 2.14. The fourth-order valence-electron chi connectivity index (χ4n) is 4.35. The molecule has 0 unspecified atom stereocenters. The van der Waals surface area contributed by atoms with Gasteiger partial charge in [0.25, 0.3) is 0 Å². The van der Waals surface area contributed by atoms with Gasteiger partial charge in [-0.3, -0.25) is 0 Å². The van der Waals surface area contributed by atoms with Crippen molar-refractivity contribution in [3.63, 3.8) is 0 Å². The summed E-state index contributed by atoms with van der Waals surface area (Å²) >= 11 is 0. The van der Waals surface area contributed by atoms with Crippen molar-refractivity contribution in [3.8, 4) is 11.1 Å². The second-order valence-electron chi connectivity index (χ2n) is 8.07. The second-order valence-corrected chi connectivity index (χ2v) is 8.07. The molecule has 0 radical (unpaired) electrons. The molecule has 0 atom stereocenters. The fourth-order valence-corrected chi connectivity index (χ4v) is 4.35. The van der Waals surface area contributed by atoms with Gasteiger partial charge in [-0.25, -0.2) is 0 Å². The lowest BCUT2D eigenvalue weighted by Crippen LogP contribution is -2.25. The van der Waals surface area contributed by atoms with Crippen molar-refractivity contribution in [2.24, 2.45) is 0 Å². The summed E-state index contributed by atoms with van der Waals surface area (Å²) in [4.78, 5) is 2.40. The molecule has 0 spiro atoms. The molecule has 1 heteroatoms. The molecule has 5 aromatic rings. The van der Waals surface area contributed by atoms with E-state index in [2.05, 4.69) is 128 Å². The predicted molar refractivity (Wildman–Crippen MR) is 131 cm³/mol. The van der Waals surface area contributed by atoms with Gasteiger partial charge in [0.2, 0.25) is 0 Å². The van der Waals surface area contributed by atoms with Crippen molar-refractivity contribution in [2.75, 3.05) is 4.90 Å². The SMILES string of the molecule is CC(C)N(c1ccc(-c2cccc3ccccc23)cc1)c1ccc2ccccc2c1. The van der Waals surface area contributed by atoms with Gasteiger partial charge in [-0.1, -0.05) is 84.9 Å². The summed E-state index contributed by atoms with van der Waals surface area (Å²) in [6.07, 6.45) is 0. The molecule has 0 saturated carbocycles. The average Bonchev–Trinajstić information content (AvgIpc) is 2.79. The van der Waals surface area contributed by atoms with Crippen molar-refractivity contribution >= 4 is 32.9 Å². The monoisotopic (exact) mass is 387 g/mol. The van der Waals surface area contributed by atoms with Crippen LogP contribution >= 0.6 is 0 Å². The highest BCUT2D eigenvalue weighted by atomic mass is 15.2. The molecule has 146 valence electrons. The quantitative estimate of drug-likeness (QED) is 0.300. The van der Waals surface area contributed by atoms with Crippen LogP contribution in [0.15, 0.2) is 109 Å². The molecule has 0 aliphatic heterocycles. The van der Waals surface area contributed by atoms with E-state index in [9.17, 15) is 0 Å². The first-order valence-electron chi connectivity index (χ1n) is 10.6. The smallest absolute Gasteiger partial charge is 0.0419 e. The van der Waals surface area contributed by atoms with Gasteiger partial charge in [0.15, 0.2) is 0 Å². The zero-order valence-corrected chi connectivity index (χ0v) is 17.4. The van der Waals surface area contributed by atoms with Gasteiger partial charge in [0.1, 0.15) is 0 Å². The Hall–Kier alpha value is -3.58. The number of anilines is 2. The van der Waals surface area contributed by atoms with Crippen molar-refractivity contribution in [3.05, 3.63) is 109 Å². The molecule has 1 nitrogen and oxygen atoms in total. The van der Waals surface area contributed by atoms with Gasteiger partial charge in [-0.05, 0) is 70.8 Å². The third-order valence-electron chi connectivity index (χ3n) is 5.77. The van der Waals surface area contributed by atoms with E-state index in [-0.39, 0.29) is 0 Å². The zero-order chi connectivity index (χ0) is 20.5. The van der Waals surface area contributed by atoms with Crippen molar-refractivity contribution in [2.45, 2.75) is 19.9 Å². The molecule has 0 saturated heterocycles. The highest BCUT2D eigenvalue weighted by molar-refractivity contribution is 5.97. The van der Waals surface area contributed by atoms with Crippen LogP contribution in [0.5, 0.6) is 0 Å². The number of hydrogen-bond donors (Lipinski definition) is 0. The predicted octanol–water partition coefficient (Wildman–Crippen LogP) is 8.21. The lowest BCUT2D eigenvalue weighted by atomic mass is 9.98. The molecule has 0 bridgehead atoms. The largest absolute Gasteiger partial charge is 0.339 e. The number of benzene rings is 5. The summed E-state index contributed by atoms with van der Waals surface area (Å²) in [5.41, 5.74) is 4.96. The first-order valence-corrected chi connectivity index (χ1v) is 10.6. The molecule has 0 heterocycles.